The first kappa shape index (κ1) is 20.3. The summed E-state index contributed by atoms with van der Waals surface area (Å²) in [6.45, 7) is 6.92. The molecule has 8 heteroatoms. The maximum Gasteiger partial charge on any atom is 0.408 e. The molecule has 1 heterocycles. The van der Waals surface area contributed by atoms with Crippen LogP contribution in [0.25, 0.3) is 11.3 Å². The number of H-pyrrole nitrogens is 1. The lowest BCUT2D eigenvalue weighted by Crippen LogP contribution is -2.46. The van der Waals surface area contributed by atoms with E-state index in [1.165, 1.54) is 0 Å². The molecule has 0 saturated heterocycles. The summed E-state index contributed by atoms with van der Waals surface area (Å²) in [5.74, 6) is -0.358. The monoisotopic (exact) mass is 376 g/mol. The van der Waals surface area contributed by atoms with E-state index in [4.69, 9.17) is 14.0 Å². The fourth-order valence-corrected chi connectivity index (χ4v) is 2.42. The molecule has 0 fully saturated rings. The summed E-state index contributed by atoms with van der Waals surface area (Å²) in [6, 6.07) is 7.88. The lowest BCUT2D eigenvalue weighted by molar-refractivity contribution is -0.145. The van der Waals surface area contributed by atoms with Crippen LogP contribution in [0.5, 0.6) is 0 Å². The van der Waals surface area contributed by atoms with Crippen LogP contribution in [0, 0.1) is 0 Å². The van der Waals surface area contributed by atoms with E-state index in [0.717, 1.165) is 0 Å². The van der Waals surface area contributed by atoms with Crippen LogP contribution in [-0.4, -0.2) is 35.5 Å². The van der Waals surface area contributed by atoms with Crippen LogP contribution >= 0.6 is 0 Å². The van der Waals surface area contributed by atoms with E-state index >= 15 is 0 Å². The molecule has 2 N–H and O–H groups in total. The Morgan fingerprint density at radius 2 is 1.89 bits per heavy atom. The van der Waals surface area contributed by atoms with E-state index in [1.807, 2.05) is 6.07 Å². The molecule has 1 unspecified atom stereocenters. The molecular formula is C19H24N2O6. The van der Waals surface area contributed by atoms with Crippen molar-refractivity contribution in [1.82, 2.24) is 10.5 Å². The molecule has 0 spiro atoms. The average molecular weight is 376 g/mol. The summed E-state index contributed by atoms with van der Waals surface area (Å²) in [4.78, 5) is 36.6. The van der Waals surface area contributed by atoms with Crippen LogP contribution in [-0.2, 0) is 20.7 Å². The molecule has 0 bridgehead atoms. The minimum atomic E-state index is -1.10. The van der Waals surface area contributed by atoms with Crippen LogP contribution in [0.1, 0.15) is 33.3 Å². The third-order valence-electron chi connectivity index (χ3n) is 3.50. The standard InChI is InChI=1S/C19H24N2O6/c1-5-25-17(23)14(20-18(24)26-19(2,3)4)11-13-15(27-21-16(13)22)12-9-7-6-8-10-12/h6-10,14H,5,11H2,1-4H3,(H,20,24)(H,21,22). The molecule has 1 amide bonds. The van der Waals surface area contributed by atoms with Gasteiger partial charge in [0.15, 0.2) is 5.76 Å². The second-order valence-electron chi connectivity index (χ2n) is 6.86. The lowest BCUT2D eigenvalue weighted by atomic mass is 10.0. The van der Waals surface area contributed by atoms with Crippen molar-refractivity contribution in [2.45, 2.75) is 45.8 Å². The maximum atomic E-state index is 12.3. The third-order valence-corrected chi connectivity index (χ3v) is 3.50. The highest BCUT2D eigenvalue weighted by molar-refractivity contribution is 5.82. The molecule has 0 radical (unpaired) electrons. The minimum absolute atomic E-state index is 0.103. The van der Waals surface area contributed by atoms with Gasteiger partial charge in [-0.15, -0.1) is 0 Å². The Hall–Kier alpha value is -3.03. The van der Waals surface area contributed by atoms with Crippen molar-refractivity contribution in [3.63, 3.8) is 0 Å². The van der Waals surface area contributed by atoms with Crippen molar-refractivity contribution >= 4 is 12.1 Å². The first-order chi connectivity index (χ1) is 12.7. The van der Waals surface area contributed by atoms with Crippen molar-refractivity contribution in [3.8, 4) is 11.3 Å². The zero-order valence-electron chi connectivity index (χ0n) is 15.8. The van der Waals surface area contributed by atoms with Crippen molar-refractivity contribution in [2.75, 3.05) is 6.61 Å². The molecule has 0 aliphatic heterocycles. The van der Waals surface area contributed by atoms with Crippen molar-refractivity contribution in [2.24, 2.45) is 0 Å². The molecule has 0 saturated carbocycles. The highest BCUT2D eigenvalue weighted by Crippen LogP contribution is 2.22. The Bertz CT molecular complexity index is 832. The Morgan fingerprint density at radius 3 is 2.48 bits per heavy atom. The summed E-state index contributed by atoms with van der Waals surface area (Å²) >= 11 is 0. The number of alkyl carbamates (subject to hydrolysis) is 1. The van der Waals surface area contributed by atoms with E-state index in [1.54, 1.807) is 52.0 Å². The Balaban J connectivity index is 2.28. The number of aromatic nitrogens is 1. The van der Waals surface area contributed by atoms with E-state index in [9.17, 15) is 14.4 Å². The first-order valence-electron chi connectivity index (χ1n) is 8.63. The second-order valence-corrected chi connectivity index (χ2v) is 6.86. The molecule has 2 aromatic rings. The molecule has 1 aromatic heterocycles. The predicted molar refractivity (Wildman–Crippen MR) is 98.3 cm³/mol. The van der Waals surface area contributed by atoms with Crippen LogP contribution in [0.15, 0.2) is 39.6 Å². The van der Waals surface area contributed by atoms with Crippen LogP contribution < -0.4 is 10.9 Å². The summed E-state index contributed by atoms with van der Waals surface area (Å²) < 4.78 is 15.5. The van der Waals surface area contributed by atoms with Gasteiger partial charge in [0, 0.05) is 12.0 Å². The summed E-state index contributed by atoms with van der Waals surface area (Å²) in [6.07, 6.45) is -0.879. The molecular weight excluding hydrogens is 352 g/mol. The third kappa shape index (κ3) is 5.73. The average Bonchev–Trinajstić information content (AvgIpc) is 2.94. The topological polar surface area (TPSA) is 111 Å². The van der Waals surface area contributed by atoms with Crippen molar-refractivity contribution < 1.29 is 23.6 Å². The van der Waals surface area contributed by atoms with E-state index < -0.39 is 29.3 Å². The number of rotatable bonds is 6. The number of hydrogen-bond acceptors (Lipinski definition) is 6. The molecule has 0 aliphatic rings. The van der Waals surface area contributed by atoms with Crippen LogP contribution in [0.3, 0.4) is 0 Å². The molecule has 146 valence electrons. The Kier molecular flexibility index (Phi) is 6.44. The van der Waals surface area contributed by atoms with Gasteiger partial charge in [-0.05, 0) is 27.7 Å². The quantitative estimate of drug-likeness (QED) is 0.750. The molecule has 1 atom stereocenters. The van der Waals surface area contributed by atoms with Crippen LogP contribution in [0.4, 0.5) is 4.79 Å². The number of aromatic amines is 1. The smallest absolute Gasteiger partial charge is 0.408 e. The van der Waals surface area contributed by atoms with Gasteiger partial charge in [-0.2, -0.15) is 5.16 Å². The summed E-state index contributed by atoms with van der Waals surface area (Å²) in [5.41, 5.74) is -0.304. The first-order valence-corrected chi connectivity index (χ1v) is 8.63. The maximum absolute atomic E-state index is 12.3. The molecule has 0 aliphatic carbocycles. The van der Waals surface area contributed by atoms with Crippen LogP contribution in [0.2, 0.25) is 0 Å². The zero-order valence-corrected chi connectivity index (χ0v) is 15.8. The van der Waals surface area contributed by atoms with Crippen molar-refractivity contribution in [1.29, 1.82) is 0 Å². The number of amides is 1. The normalized spacial score (nSPS) is 12.3. The number of benzene rings is 1. The van der Waals surface area contributed by atoms with Crippen molar-refractivity contribution in [3.05, 3.63) is 46.2 Å². The van der Waals surface area contributed by atoms with Gasteiger partial charge in [-0.1, -0.05) is 30.3 Å². The van der Waals surface area contributed by atoms with Gasteiger partial charge in [0.2, 0.25) is 0 Å². The van der Waals surface area contributed by atoms with Gasteiger partial charge in [-0.3, -0.25) is 4.79 Å². The molecule has 1 aromatic carbocycles. The SMILES string of the molecule is CCOC(=O)C(Cc1c(-c2ccccc2)o[nH]c1=O)NC(=O)OC(C)(C)C. The number of hydrogen-bond donors (Lipinski definition) is 2. The van der Waals surface area contributed by atoms with Gasteiger partial charge in [0.25, 0.3) is 5.56 Å². The number of ether oxygens (including phenoxy) is 2. The highest BCUT2D eigenvalue weighted by Gasteiger charge is 2.29. The van der Waals surface area contributed by atoms with E-state index in [-0.39, 0.29) is 18.6 Å². The fraction of sp³-hybridized carbons (Fsp3) is 0.421. The Labute approximate surface area is 156 Å². The zero-order chi connectivity index (χ0) is 20.0. The summed E-state index contributed by atoms with van der Waals surface area (Å²) in [5, 5.41) is 4.75. The van der Waals surface area contributed by atoms with Gasteiger partial charge in [0.05, 0.1) is 12.2 Å². The highest BCUT2D eigenvalue weighted by atomic mass is 16.6. The number of nitrogens with one attached hydrogen (secondary N) is 2. The molecule has 8 nitrogen and oxygen atoms in total. The van der Waals surface area contributed by atoms with E-state index in [0.29, 0.717) is 11.3 Å². The molecule has 27 heavy (non-hydrogen) atoms. The van der Waals surface area contributed by atoms with Gasteiger partial charge < -0.3 is 19.3 Å². The van der Waals surface area contributed by atoms with Gasteiger partial charge >= 0.3 is 12.1 Å². The fourth-order valence-electron chi connectivity index (χ4n) is 2.42. The van der Waals surface area contributed by atoms with Gasteiger partial charge in [0.1, 0.15) is 11.6 Å². The largest absolute Gasteiger partial charge is 0.464 e. The molecule has 2 rings (SSSR count). The number of carbonyl (C=O) groups excluding carboxylic acids is 2. The minimum Gasteiger partial charge on any atom is -0.464 e. The van der Waals surface area contributed by atoms with E-state index in [2.05, 4.69) is 10.5 Å². The Morgan fingerprint density at radius 1 is 1.22 bits per heavy atom. The summed E-state index contributed by atoms with van der Waals surface area (Å²) in [7, 11) is 0. The predicted octanol–water partition coefficient (Wildman–Crippen LogP) is 2.63. The lowest BCUT2D eigenvalue weighted by Gasteiger charge is -2.22. The van der Waals surface area contributed by atoms with Gasteiger partial charge in [-0.25, -0.2) is 9.59 Å². The second kappa shape index (κ2) is 8.57. The number of carbonyl (C=O) groups is 2. The number of esters is 1.